The van der Waals surface area contributed by atoms with Gasteiger partial charge in [-0.05, 0) is 53.5 Å². The number of ether oxygens (including phenoxy) is 1. The fraction of sp³-hybridized carbons (Fsp3) is 0.400. The maximum Gasteiger partial charge on any atom is 0.126 e. The highest BCUT2D eigenvalue weighted by Crippen LogP contribution is 2.26. The van der Waals surface area contributed by atoms with E-state index in [4.69, 9.17) is 4.74 Å². The average Bonchev–Trinajstić information content (AvgIpc) is 2.75. The zero-order valence-electron chi connectivity index (χ0n) is 15.9. The average molecular weight is 440 g/mol. The lowest BCUT2D eigenvalue weighted by Crippen LogP contribution is -2.15. The Bertz CT molecular complexity index is 769. The molecule has 0 amide bonds. The Hall–Kier alpha value is -1.86. The first-order chi connectivity index (χ1) is 12.8. The lowest BCUT2D eigenvalue weighted by molar-refractivity contribution is 0.0826. The van der Waals surface area contributed by atoms with E-state index in [2.05, 4.69) is 32.8 Å². The Morgan fingerprint density at radius 3 is 2.63 bits per heavy atom. The Labute approximate surface area is 167 Å². The summed E-state index contributed by atoms with van der Waals surface area (Å²) >= 11 is 3.53. The molecule has 146 valence electrons. The summed E-state index contributed by atoms with van der Waals surface area (Å²) in [5, 5.41) is 0. The van der Waals surface area contributed by atoms with Gasteiger partial charge in [0, 0.05) is 36.3 Å². The molecule has 7 heteroatoms. The van der Waals surface area contributed by atoms with Crippen LogP contribution in [0.15, 0.2) is 50.1 Å². The third kappa shape index (κ3) is 6.36. The molecule has 2 rings (SSSR count). The minimum Gasteiger partial charge on any atom is -0.367 e. The van der Waals surface area contributed by atoms with E-state index >= 15 is 0 Å². The van der Waals surface area contributed by atoms with Crippen LogP contribution in [0.25, 0.3) is 0 Å². The molecule has 1 aliphatic heterocycles. The van der Waals surface area contributed by atoms with Gasteiger partial charge < -0.3 is 9.64 Å². The van der Waals surface area contributed by atoms with Crippen LogP contribution in [0.2, 0.25) is 0 Å². The van der Waals surface area contributed by atoms with Crippen LogP contribution in [0.1, 0.15) is 32.4 Å². The Kier molecular flexibility index (Phi) is 7.86. The van der Waals surface area contributed by atoms with Crippen LogP contribution < -0.4 is 0 Å². The molecule has 0 spiro atoms. The summed E-state index contributed by atoms with van der Waals surface area (Å²) in [6.07, 6.45) is 5.05. The molecule has 1 aliphatic rings. The van der Waals surface area contributed by atoms with E-state index in [0.717, 1.165) is 22.8 Å². The number of aliphatic imine (C=N–C) groups is 2. The van der Waals surface area contributed by atoms with Crippen molar-refractivity contribution < 1.29 is 13.5 Å². The normalized spacial score (nSPS) is 18.6. The third-order valence-electron chi connectivity index (χ3n) is 4.20. The molecule has 0 saturated carbocycles. The summed E-state index contributed by atoms with van der Waals surface area (Å²) in [6.45, 7) is 6.88. The van der Waals surface area contributed by atoms with Crippen molar-refractivity contribution in [3.8, 4) is 0 Å². The minimum atomic E-state index is -0.621. The van der Waals surface area contributed by atoms with Gasteiger partial charge >= 0.3 is 0 Å². The lowest BCUT2D eigenvalue weighted by Gasteiger charge is -2.14. The van der Waals surface area contributed by atoms with Gasteiger partial charge in [-0.3, -0.25) is 4.99 Å². The predicted molar refractivity (Wildman–Crippen MR) is 109 cm³/mol. The Morgan fingerprint density at radius 2 is 2.00 bits per heavy atom. The molecule has 0 bridgehead atoms. The predicted octanol–water partition coefficient (Wildman–Crippen LogP) is 5.23. The SMILES string of the molecule is CCN(C)C=NC1=CC(Br)=C(COC(C)c2cc(F)cc(F)c2)N=CC1C. The maximum absolute atomic E-state index is 13.4. The highest BCUT2D eigenvalue weighted by Gasteiger charge is 2.15. The summed E-state index contributed by atoms with van der Waals surface area (Å²) in [7, 11) is 1.96. The first-order valence-corrected chi connectivity index (χ1v) is 9.56. The zero-order chi connectivity index (χ0) is 20.0. The second-order valence-corrected chi connectivity index (χ2v) is 7.26. The Morgan fingerprint density at radius 1 is 1.33 bits per heavy atom. The molecule has 2 atom stereocenters. The van der Waals surface area contributed by atoms with Crippen molar-refractivity contribution in [3.05, 3.63) is 57.3 Å². The number of rotatable bonds is 7. The van der Waals surface area contributed by atoms with Gasteiger partial charge in [0.05, 0.1) is 30.4 Å². The van der Waals surface area contributed by atoms with Crippen molar-refractivity contribution >= 4 is 28.5 Å². The highest BCUT2D eigenvalue weighted by atomic mass is 79.9. The standard InChI is InChI=1S/C20H24BrF2N3O/c1-5-26(4)12-25-19-9-18(21)20(24-10-13(19)2)11-27-14(3)15-6-16(22)8-17(23)7-15/h6-10,12-14H,5,11H2,1-4H3. The van der Waals surface area contributed by atoms with E-state index in [0.29, 0.717) is 11.3 Å². The van der Waals surface area contributed by atoms with Gasteiger partial charge in [-0.1, -0.05) is 6.92 Å². The largest absolute Gasteiger partial charge is 0.367 e. The van der Waals surface area contributed by atoms with E-state index in [9.17, 15) is 8.78 Å². The fourth-order valence-corrected chi connectivity index (χ4v) is 2.75. The summed E-state index contributed by atoms with van der Waals surface area (Å²) in [4.78, 5) is 11.0. The summed E-state index contributed by atoms with van der Waals surface area (Å²) in [5.41, 5.74) is 2.01. The van der Waals surface area contributed by atoms with Crippen molar-refractivity contribution in [2.45, 2.75) is 26.9 Å². The van der Waals surface area contributed by atoms with E-state index in [1.54, 1.807) is 13.3 Å². The molecule has 0 aromatic heterocycles. The molecule has 0 aliphatic carbocycles. The molecule has 0 N–H and O–H groups in total. The number of benzene rings is 1. The number of allylic oxidation sites excluding steroid dienone is 3. The monoisotopic (exact) mass is 439 g/mol. The first-order valence-electron chi connectivity index (χ1n) is 8.76. The van der Waals surface area contributed by atoms with Crippen molar-refractivity contribution in [2.24, 2.45) is 15.9 Å². The molecule has 1 aromatic carbocycles. The van der Waals surface area contributed by atoms with Gasteiger partial charge in [-0.15, -0.1) is 0 Å². The van der Waals surface area contributed by atoms with E-state index in [1.807, 2.05) is 31.2 Å². The van der Waals surface area contributed by atoms with Crippen molar-refractivity contribution in [2.75, 3.05) is 20.2 Å². The first kappa shape index (κ1) is 21.4. The lowest BCUT2D eigenvalue weighted by atomic mass is 10.1. The van der Waals surface area contributed by atoms with Gasteiger partial charge in [0.1, 0.15) is 11.6 Å². The van der Waals surface area contributed by atoms with E-state index < -0.39 is 17.7 Å². The third-order valence-corrected chi connectivity index (χ3v) is 4.88. The van der Waals surface area contributed by atoms with Crippen LogP contribution in [-0.4, -0.2) is 37.7 Å². The number of hydrogen-bond donors (Lipinski definition) is 0. The molecule has 1 heterocycles. The van der Waals surface area contributed by atoms with Gasteiger partial charge in [0.25, 0.3) is 0 Å². The molecule has 4 nitrogen and oxygen atoms in total. The van der Waals surface area contributed by atoms with Crippen molar-refractivity contribution in [1.82, 2.24) is 4.90 Å². The van der Waals surface area contributed by atoms with Gasteiger partial charge in [-0.25, -0.2) is 13.8 Å². The second-order valence-electron chi connectivity index (χ2n) is 6.40. The fourth-order valence-electron chi connectivity index (χ4n) is 2.30. The van der Waals surface area contributed by atoms with Gasteiger partial charge in [0.15, 0.2) is 0 Å². The van der Waals surface area contributed by atoms with Crippen LogP contribution >= 0.6 is 15.9 Å². The van der Waals surface area contributed by atoms with E-state index in [1.165, 1.54) is 12.1 Å². The molecule has 0 fully saturated rings. The zero-order valence-corrected chi connectivity index (χ0v) is 17.5. The van der Waals surface area contributed by atoms with Crippen LogP contribution in [0.5, 0.6) is 0 Å². The number of nitrogens with zero attached hydrogens (tertiary/aromatic N) is 3. The summed E-state index contributed by atoms with van der Waals surface area (Å²) in [5.74, 6) is -1.19. The van der Waals surface area contributed by atoms with Crippen molar-refractivity contribution in [3.63, 3.8) is 0 Å². The smallest absolute Gasteiger partial charge is 0.126 e. The molecule has 0 saturated heterocycles. The van der Waals surface area contributed by atoms with Crippen molar-refractivity contribution in [1.29, 1.82) is 0 Å². The summed E-state index contributed by atoms with van der Waals surface area (Å²) < 4.78 is 33.3. The van der Waals surface area contributed by atoms with Gasteiger partial charge in [0.2, 0.25) is 0 Å². The Balaban J connectivity index is 2.12. The maximum atomic E-state index is 13.4. The van der Waals surface area contributed by atoms with Crippen LogP contribution in [0.4, 0.5) is 8.78 Å². The van der Waals surface area contributed by atoms with Crippen LogP contribution in [-0.2, 0) is 4.74 Å². The molecule has 1 aromatic rings. The molecular weight excluding hydrogens is 416 g/mol. The number of hydrogen-bond acceptors (Lipinski definition) is 3. The molecule has 2 unspecified atom stereocenters. The molecule has 27 heavy (non-hydrogen) atoms. The topological polar surface area (TPSA) is 37.2 Å². The number of halogens is 3. The minimum absolute atomic E-state index is 0.0475. The quantitative estimate of drug-likeness (QED) is 0.430. The van der Waals surface area contributed by atoms with Gasteiger partial charge in [-0.2, -0.15) is 0 Å². The molecule has 0 radical (unpaired) electrons. The van der Waals surface area contributed by atoms with Crippen LogP contribution in [0.3, 0.4) is 0 Å². The van der Waals surface area contributed by atoms with Crippen LogP contribution in [0, 0.1) is 17.6 Å². The summed E-state index contributed by atoms with van der Waals surface area (Å²) in [6, 6.07) is 3.38. The van der Waals surface area contributed by atoms with E-state index in [-0.39, 0.29) is 12.5 Å². The highest BCUT2D eigenvalue weighted by molar-refractivity contribution is 9.11. The second kappa shape index (κ2) is 9.90. The molecular formula is C20H24BrF2N3O.